The number of carboxylic acid groups (broad SMARTS) is 1. The van der Waals surface area contributed by atoms with Crippen molar-refractivity contribution in [1.29, 1.82) is 0 Å². The second-order valence-corrected chi connectivity index (χ2v) is 4.52. The maximum Gasteiger partial charge on any atom is 0.326 e. The largest absolute Gasteiger partial charge is 0.480 e. The minimum Gasteiger partial charge on any atom is -0.480 e. The zero-order valence-electron chi connectivity index (χ0n) is 9.40. The molecule has 86 valence electrons. The molecule has 1 heterocycles. The summed E-state index contributed by atoms with van der Waals surface area (Å²) in [5.74, 6) is -0.390. The minimum atomic E-state index is -0.870. The molecule has 1 atom stereocenters. The van der Waals surface area contributed by atoms with Crippen molar-refractivity contribution in [3.05, 3.63) is 0 Å². The van der Waals surface area contributed by atoms with E-state index in [2.05, 4.69) is 13.8 Å². The van der Waals surface area contributed by atoms with E-state index in [1.165, 1.54) is 4.90 Å². The zero-order chi connectivity index (χ0) is 11.4. The summed E-state index contributed by atoms with van der Waals surface area (Å²) in [5.41, 5.74) is 0. The van der Waals surface area contributed by atoms with Crippen LogP contribution in [0.25, 0.3) is 0 Å². The number of likely N-dealkylation sites (tertiary alicyclic amines) is 1. The Morgan fingerprint density at radius 2 is 2.13 bits per heavy atom. The number of aliphatic carboxylic acids is 1. The molecular formula is C11H19NO3. The first-order valence-corrected chi connectivity index (χ1v) is 5.54. The third-order valence-corrected chi connectivity index (χ3v) is 2.79. The summed E-state index contributed by atoms with van der Waals surface area (Å²) in [6.07, 6.45) is 2.72. The molecule has 1 amide bonds. The van der Waals surface area contributed by atoms with E-state index in [1.54, 1.807) is 0 Å². The summed E-state index contributed by atoms with van der Waals surface area (Å²) in [7, 11) is 0. The van der Waals surface area contributed by atoms with E-state index in [-0.39, 0.29) is 5.91 Å². The van der Waals surface area contributed by atoms with Crippen LogP contribution in [-0.2, 0) is 9.59 Å². The van der Waals surface area contributed by atoms with Crippen LogP contribution in [0.15, 0.2) is 0 Å². The van der Waals surface area contributed by atoms with Crippen molar-refractivity contribution in [3.63, 3.8) is 0 Å². The van der Waals surface area contributed by atoms with Crippen LogP contribution in [0, 0.1) is 5.92 Å². The van der Waals surface area contributed by atoms with Gasteiger partial charge in [-0.25, -0.2) is 4.79 Å². The molecule has 0 aromatic carbocycles. The van der Waals surface area contributed by atoms with E-state index < -0.39 is 12.0 Å². The summed E-state index contributed by atoms with van der Waals surface area (Å²) in [5, 5.41) is 8.92. The Hall–Kier alpha value is -1.06. The molecule has 0 aromatic heterocycles. The lowest BCUT2D eigenvalue weighted by Crippen LogP contribution is -2.40. The van der Waals surface area contributed by atoms with Crippen LogP contribution in [0.2, 0.25) is 0 Å². The Morgan fingerprint density at radius 3 is 2.67 bits per heavy atom. The molecule has 4 heteroatoms. The van der Waals surface area contributed by atoms with Crippen LogP contribution in [-0.4, -0.2) is 34.5 Å². The highest BCUT2D eigenvalue weighted by Gasteiger charge is 2.33. The van der Waals surface area contributed by atoms with Crippen LogP contribution in [0.5, 0.6) is 0 Å². The molecule has 0 saturated carbocycles. The van der Waals surface area contributed by atoms with Crippen LogP contribution >= 0.6 is 0 Å². The van der Waals surface area contributed by atoms with E-state index >= 15 is 0 Å². The summed E-state index contributed by atoms with van der Waals surface area (Å²) in [4.78, 5) is 24.1. The monoisotopic (exact) mass is 213 g/mol. The molecule has 1 aliphatic heterocycles. The van der Waals surface area contributed by atoms with Gasteiger partial charge >= 0.3 is 5.97 Å². The van der Waals surface area contributed by atoms with Gasteiger partial charge in [0.05, 0.1) is 0 Å². The number of carbonyl (C=O) groups excluding carboxylic acids is 1. The van der Waals surface area contributed by atoms with Gasteiger partial charge in [0, 0.05) is 13.0 Å². The second-order valence-electron chi connectivity index (χ2n) is 4.52. The SMILES string of the molecule is CC(C)CCC(=O)N1CCC[C@@H]1C(=O)O. The molecule has 1 aliphatic rings. The third kappa shape index (κ3) is 3.22. The molecule has 15 heavy (non-hydrogen) atoms. The average molecular weight is 213 g/mol. The lowest BCUT2D eigenvalue weighted by molar-refractivity contribution is -0.148. The minimum absolute atomic E-state index is 0.00593. The molecule has 0 radical (unpaired) electrons. The Bertz CT molecular complexity index is 250. The fraction of sp³-hybridized carbons (Fsp3) is 0.818. The van der Waals surface area contributed by atoms with Crippen molar-refractivity contribution < 1.29 is 14.7 Å². The van der Waals surface area contributed by atoms with Gasteiger partial charge in [0.2, 0.25) is 5.91 Å². The summed E-state index contributed by atoms with van der Waals surface area (Å²) in [6, 6.07) is -0.579. The van der Waals surface area contributed by atoms with Crippen molar-refractivity contribution in [2.75, 3.05) is 6.54 Å². The van der Waals surface area contributed by atoms with E-state index in [0.717, 1.165) is 12.8 Å². The van der Waals surface area contributed by atoms with E-state index in [4.69, 9.17) is 5.11 Å². The molecule has 0 bridgehead atoms. The number of carboxylic acids is 1. The van der Waals surface area contributed by atoms with Gasteiger partial charge in [-0.05, 0) is 25.2 Å². The van der Waals surface area contributed by atoms with Crippen molar-refractivity contribution in [3.8, 4) is 0 Å². The fourth-order valence-electron chi connectivity index (χ4n) is 1.88. The summed E-state index contributed by atoms with van der Waals surface area (Å²) >= 11 is 0. The van der Waals surface area contributed by atoms with Crippen LogP contribution in [0.3, 0.4) is 0 Å². The highest BCUT2D eigenvalue weighted by Crippen LogP contribution is 2.19. The van der Waals surface area contributed by atoms with Crippen molar-refractivity contribution in [1.82, 2.24) is 4.90 Å². The van der Waals surface area contributed by atoms with E-state index in [0.29, 0.717) is 25.3 Å². The molecule has 1 fully saturated rings. The van der Waals surface area contributed by atoms with E-state index in [1.807, 2.05) is 0 Å². The van der Waals surface area contributed by atoms with Gasteiger partial charge in [-0.1, -0.05) is 13.8 Å². The van der Waals surface area contributed by atoms with Gasteiger partial charge in [-0.15, -0.1) is 0 Å². The molecule has 1 rings (SSSR count). The maximum atomic E-state index is 11.7. The molecule has 0 aromatic rings. The summed E-state index contributed by atoms with van der Waals surface area (Å²) < 4.78 is 0. The van der Waals surface area contributed by atoms with Crippen molar-refractivity contribution in [2.24, 2.45) is 5.92 Å². The van der Waals surface area contributed by atoms with E-state index in [9.17, 15) is 9.59 Å². The Kier molecular flexibility index (Phi) is 4.12. The van der Waals surface area contributed by atoms with Gasteiger partial charge in [0.15, 0.2) is 0 Å². The van der Waals surface area contributed by atoms with Gasteiger partial charge in [-0.2, -0.15) is 0 Å². The first-order valence-electron chi connectivity index (χ1n) is 5.54. The van der Waals surface area contributed by atoms with Gasteiger partial charge in [0.25, 0.3) is 0 Å². The number of amides is 1. The van der Waals surface area contributed by atoms with Crippen molar-refractivity contribution >= 4 is 11.9 Å². The highest BCUT2D eigenvalue weighted by atomic mass is 16.4. The molecular weight excluding hydrogens is 194 g/mol. The predicted molar refractivity (Wildman–Crippen MR) is 56.4 cm³/mol. The predicted octanol–water partition coefficient (Wildman–Crippen LogP) is 1.50. The lowest BCUT2D eigenvalue weighted by Gasteiger charge is -2.21. The van der Waals surface area contributed by atoms with Crippen LogP contribution < -0.4 is 0 Å². The van der Waals surface area contributed by atoms with Crippen LogP contribution in [0.4, 0.5) is 0 Å². The highest BCUT2D eigenvalue weighted by molar-refractivity contribution is 5.84. The number of carbonyl (C=O) groups is 2. The third-order valence-electron chi connectivity index (χ3n) is 2.79. The normalized spacial score (nSPS) is 21.0. The van der Waals surface area contributed by atoms with Gasteiger partial charge in [-0.3, -0.25) is 4.79 Å². The van der Waals surface area contributed by atoms with Gasteiger partial charge < -0.3 is 10.0 Å². The molecule has 1 saturated heterocycles. The average Bonchev–Trinajstić information content (AvgIpc) is 2.62. The molecule has 0 spiro atoms. The zero-order valence-corrected chi connectivity index (χ0v) is 9.40. The first kappa shape index (κ1) is 12.0. The second kappa shape index (κ2) is 5.14. The molecule has 1 N–H and O–H groups in total. The molecule has 0 aliphatic carbocycles. The lowest BCUT2D eigenvalue weighted by atomic mass is 10.1. The summed E-state index contributed by atoms with van der Waals surface area (Å²) in [6.45, 7) is 4.73. The van der Waals surface area contributed by atoms with Gasteiger partial charge in [0.1, 0.15) is 6.04 Å². The fourth-order valence-corrected chi connectivity index (χ4v) is 1.88. The maximum absolute atomic E-state index is 11.7. The number of rotatable bonds is 4. The Labute approximate surface area is 90.3 Å². The smallest absolute Gasteiger partial charge is 0.326 e. The Morgan fingerprint density at radius 1 is 1.47 bits per heavy atom. The standard InChI is InChI=1S/C11H19NO3/c1-8(2)5-6-10(13)12-7-3-4-9(12)11(14)15/h8-9H,3-7H2,1-2H3,(H,14,15)/t9-/m1/s1. The first-order chi connectivity index (χ1) is 7.02. The number of nitrogens with zero attached hydrogens (tertiary/aromatic N) is 1. The molecule has 4 nitrogen and oxygen atoms in total. The van der Waals surface area contributed by atoms with Crippen molar-refractivity contribution in [2.45, 2.75) is 45.6 Å². The Balaban J connectivity index is 2.47. The topological polar surface area (TPSA) is 57.6 Å². The van der Waals surface area contributed by atoms with Crippen LogP contribution in [0.1, 0.15) is 39.5 Å². The number of hydrogen-bond acceptors (Lipinski definition) is 2. The quantitative estimate of drug-likeness (QED) is 0.769. The number of hydrogen-bond donors (Lipinski definition) is 1. The molecule has 0 unspecified atom stereocenters.